The molecule has 0 heterocycles. The number of aromatic hydroxyl groups is 3. The molecule has 0 aromatic heterocycles. The van der Waals surface area contributed by atoms with Crippen LogP contribution in [0.3, 0.4) is 0 Å². The maximum absolute atomic E-state index is 9.65. The van der Waals surface area contributed by atoms with Crippen molar-refractivity contribution in [1.82, 2.24) is 0 Å². The molecule has 19 heavy (non-hydrogen) atoms. The first-order valence-corrected chi connectivity index (χ1v) is 6.05. The van der Waals surface area contributed by atoms with Crippen molar-refractivity contribution in [1.29, 1.82) is 0 Å². The van der Waals surface area contributed by atoms with Crippen molar-refractivity contribution in [3.8, 4) is 17.2 Å². The minimum absolute atomic E-state index is 0.0235. The third kappa shape index (κ3) is 3.10. The van der Waals surface area contributed by atoms with Crippen LogP contribution in [0.15, 0.2) is 36.4 Å². The van der Waals surface area contributed by atoms with Crippen LogP contribution in [0.2, 0.25) is 0 Å². The molecule has 2 rings (SSSR count). The van der Waals surface area contributed by atoms with Crippen LogP contribution in [0.25, 0.3) is 0 Å². The molecule has 1 atom stereocenters. The normalized spacial score (nSPS) is 12.1. The van der Waals surface area contributed by atoms with Crippen molar-refractivity contribution >= 4 is 5.69 Å². The molecule has 0 saturated heterocycles. The molecule has 0 aliphatic heterocycles. The molecule has 4 nitrogen and oxygen atoms in total. The predicted molar refractivity (Wildman–Crippen MR) is 74.7 cm³/mol. The third-order valence-corrected chi connectivity index (χ3v) is 3.02. The largest absolute Gasteiger partial charge is 0.508 e. The fourth-order valence-corrected chi connectivity index (χ4v) is 1.90. The minimum atomic E-state index is -0.111. The summed E-state index contributed by atoms with van der Waals surface area (Å²) in [5, 5.41) is 31.8. The second kappa shape index (κ2) is 5.10. The molecule has 0 aliphatic rings. The molecular formula is C15H17NO3. The number of phenolic OH excluding ortho intramolecular Hbond substituents is 3. The molecule has 0 amide bonds. The minimum Gasteiger partial charge on any atom is -0.508 e. The van der Waals surface area contributed by atoms with E-state index >= 15 is 0 Å². The molecule has 4 heteroatoms. The Morgan fingerprint density at radius 3 is 2.16 bits per heavy atom. The van der Waals surface area contributed by atoms with Gasteiger partial charge in [-0.05, 0) is 43.2 Å². The molecule has 0 radical (unpaired) electrons. The number of rotatable bonds is 3. The molecule has 4 N–H and O–H groups in total. The number of aryl methyl sites for hydroxylation is 1. The number of phenols is 3. The van der Waals surface area contributed by atoms with Gasteiger partial charge in [-0.15, -0.1) is 0 Å². The van der Waals surface area contributed by atoms with E-state index in [0.29, 0.717) is 0 Å². The summed E-state index contributed by atoms with van der Waals surface area (Å²) in [6.45, 7) is 3.74. The number of nitrogens with one attached hydrogen (secondary N) is 1. The average Bonchev–Trinajstić information content (AvgIpc) is 2.32. The van der Waals surface area contributed by atoms with Crippen molar-refractivity contribution in [2.24, 2.45) is 0 Å². The van der Waals surface area contributed by atoms with Crippen LogP contribution in [0, 0.1) is 6.92 Å². The molecule has 2 aromatic rings. The summed E-state index contributed by atoms with van der Waals surface area (Å²) in [5.41, 5.74) is 2.35. The number of hydrogen-bond donors (Lipinski definition) is 4. The van der Waals surface area contributed by atoms with Gasteiger partial charge < -0.3 is 20.6 Å². The molecule has 0 fully saturated rings. The van der Waals surface area contributed by atoms with E-state index in [1.807, 2.05) is 26.0 Å². The summed E-state index contributed by atoms with van der Waals surface area (Å²) in [7, 11) is 0. The molecule has 1 unspecified atom stereocenters. The van der Waals surface area contributed by atoms with Crippen LogP contribution in [-0.2, 0) is 0 Å². The van der Waals surface area contributed by atoms with Gasteiger partial charge in [0.1, 0.15) is 17.2 Å². The Balaban J connectivity index is 2.20. The standard InChI is InChI=1S/C15H17NO3/c1-9-3-4-12(7-15(9)19)16-10(2)11-5-13(17)8-14(18)6-11/h3-8,10,16-19H,1-2H3. The summed E-state index contributed by atoms with van der Waals surface area (Å²) in [5.74, 6) is 0.279. The van der Waals surface area contributed by atoms with Crippen LogP contribution in [0.5, 0.6) is 17.2 Å². The van der Waals surface area contributed by atoms with Gasteiger partial charge in [0, 0.05) is 23.9 Å². The topological polar surface area (TPSA) is 72.7 Å². The molecule has 2 aromatic carbocycles. The monoisotopic (exact) mass is 259 g/mol. The van der Waals surface area contributed by atoms with Gasteiger partial charge in [-0.1, -0.05) is 6.07 Å². The fourth-order valence-electron chi connectivity index (χ4n) is 1.90. The Morgan fingerprint density at radius 2 is 1.58 bits per heavy atom. The van der Waals surface area contributed by atoms with Gasteiger partial charge in [-0.25, -0.2) is 0 Å². The molecular weight excluding hydrogens is 242 g/mol. The van der Waals surface area contributed by atoms with E-state index in [2.05, 4.69) is 5.32 Å². The Morgan fingerprint density at radius 1 is 0.947 bits per heavy atom. The zero-order valence-corrected chi connectivity index (χ0v) is 10.9. The predicted octanol–water partition coefficient (Wildman–Crippen LogP) is 3.28. The lowest BCUT2D eigenvalue weighted by molar-refractivity contribution is 0.448. The molecule has 0 saturated carbocycles. The van der Waals surface area contributed by atoms with E-state index in [9.17, 15) is 15.3 Å². The first-order valence-electron chi connectivity index (χ1n) is 6.05. The van der Waals surface area contributed by atoms with E-state index in [4.69, 9.17) is 0 Å². The lowest BCUT2D eigenvalue weighted by atomic mass is 10.1. The summed E-state index contributed by atoms with van der Waals surface area (Å²) < 4.78 is 0. The van der Waals surface area contributed by atoms with Crippen LogP contribution >= 0.6 is 0 Å². The number of hydrogen-bond acceptors (Lipinski definition) is 4. The van der Waals surface area contributed by atoms with Gasteiger partial charge in [0.25, 0.3) is 0 Å². The number of anilines is 1. The lowest BCUT2D eigenvalue weighted by Gasteiger charge is -2.17. The SMILES string of the molecule is Cc1ccc(NC(C)c2cc(O)cc(O)c2)cc1O. The van der Waals surface area contributed by atoms with Crippen molar-refractivity contribution in [2.45, 2.75) is 19.9 Å². The van der Waals surface area contributed by atoms with Crippen LogP contribution in [-0.4, -0.2) is 15.3 Å². The van der Waals surface area contributed by atoms with Crippen LogP contribution < -0.4 is 5.32 Å². The Labute approximate surface area is 112 Å². The van der Waals surface area contributed by atoms with Crippen molar-refractivity contribution in [3.63, 3.8) is 0 Å². The zero-order valence-electron chi connectivity index (χ0n) is 10.9. The zero-order chi connectivity index (χ0) is 14.0. The summed E-state index contributed by atoms with van der Waals surface area (Å²) in [6.07, 6.45) is 0. The first-order chi connectivity index (χ1) is 8.95. The first kappa shape index (κ1) is 13.1. The van der Waals surface area contributed by atoms with E-state index in [1.165, 1.54) is 6.07 Å². The second-order valence-corrected chi connectivity index (χ2v) is 4.65. The van der Waals surface area contributed by atoms with Crippen molar-refractivity contribution in [3.05, 3.63) is 47.5 Å². The summed E-state index contributed by atoms with van der Waals surface area (Å²) in [4.78, 5) is 0. The highest BCUT2D eigenvalue weighted by Gasteiger charge is 2.09. The van der Waals surface area contributed by atoms with Crippen molar-refractivity contribution in [2.75, 3.05) is 5.32 Å². The van der Waals surface area contributed by atoms with E-state index in [1.54, 1.807) is 18.2 Å². The quantitative estimate of drug-likeness (QED) is 0.682. The molecule has 100 valence electrons. The molecule has 0 spiro atoms. The van der Waals surface area contributed by atoms with Crippen molar-refractivity contribution < 1.29 is 15.3 Å². The lowest BCUT2D eigenvalue weighted by Crippen LogP contribution is -2.06. The Kier molecular flexibility index (Phi) is 3.51. The van der Waals surface area contributed by atoms with E-state index in [-0.39, 0.29) is 23.3 Å². The Hall–Kier alpha value is -2.36. The maximum atomic E-state index is 9.65. The molecule has 0 aliphatic carbocycles. The van der Waals surface area contributed by atoms with E-state index in [0.717, 1.165) is 16.8 Å². The number of benzene rings is 2. The van der Waals surface area contributed by atoms with Gasteiger partial charge >= 0.3 is 0 Å². The van der Waals surface area contributed by atoms with E-state index < -0.39 is 0 Å². The van der Waals surface area contributed by atoms with Gasteiger partial charge in [0.2, 0.25) is 0 Å². The summed E-state index contributed by atoms with van der Waals surface area (Å²) in [6, 6.07) is 9.69. The van der Waals surface area contributed by atoms with Gasteiger partial charge in [0.05, 0.1) is 0 Å². The average molecular weight is 259 g/mol. The fraction of sp³-hybridized carbons (Fsp3) is 0.200. The summed E-state index contributed by atoms with van der Waals surface area (Å²) >= 11 is 0. The van der Waals surface area contributed by atoms with Gasteiger partial charge in [-0.3, -0.25) is 0 Å². The van der Waals surface area contributed by atoms with Crippen LogP contribution in [0.1, 0.15) is 24.1 Å². The van der Waals surface area contributed by atoms with Gasteiger partial charge in [-0.2, -0.15) is 0 Å². The Bertz CT molecular complexity index is 576. The highest BCUT2D eigenvalue weighted by Crippen LogP contribution is 2.28. The highest BCUT2D eigenvalue weighted by atomic mass is 16.3. The molecule has 0 bridgehead atoms. The smallest absolute Gasteiger partial charge is 0.120 e. The second-order valence-electron chi connectivity index (χ2n) is 4.65. The third-order valence-electron chi connectivity index (χ3n) is 3.02. The highest BCUT2D eigenvalue weighted by molar-refractivity contribution is 5.52. The maximum Gasteiger partial charge on any atom is 0.120 e. The van der Waals surface area contributed by atoms with Gasteiger partial charge in [0.15, 0.2) is 0 Å². The van der Waals surface area contributed by atoms with Crippen LogP contribution in [0.4, 0.5) is 5.69 Å².